The van der Waals surface area contributed by atoms with Crippen molar-refractivity contribution >= 4 is 7.85 Å². The average molecular weight is 148 g/mol. The van der Waals surface area contributed by atoms with E-state index in [0.29, 0.717) is 5.82 Å². The van der Waals surface area contributed by atoms with Crippen molar-refractivity contribution in [2.45, 2.75) is 25.6 Å². The van der Waals surface area contributed by atoms with Gasteiger partial charge < -0.3 is 0 Å². The Bertz CT molecular complexity index is 168. The summed E-state index contributed by atoms with van der Waals surface area (Å²) >= 11 is 0. The molecule has 0 heterocycles. The van der Waals surface area contributed by atoms with Gasteiger partial charge in [0.25, 0.3) is 0 Å². The van der Waals surface area contributed by atoms with Crippen LogP contribution in [-0.4, -0.2) is 7.85 Å². The van der Waals surface area contributed by atoms with E-state index in [4.69, 9.17) is 0 Å². The Balaban J connectivity index is 3.62. The Morgan fingerprint density at radius 1 is 1.55 bits per heavy atom. The molecule has 0 saturated heterocycles. The third-order valence-corrected chi connectivity index (χ3v) is 2.03. The predicted octanol–water partition coefficient (Wildman–Crippen LogP) is 2.51. The van der Waals surface area contributed by atoms with E-state index in [0.717, 1.165) is 18.4 Å². The van der Waals surface area contributed by atoms with Crippen LogP contribution in [0.5, 0.6) is 0 Å². The molecule has 1 atom stereocenters. The van der Waals surface area contributed by atoms with E-state index in [1.807, 2.05) is 6.08 Å². The van der Waals surface area contributed by atoms with E-state index < -0.39 is 0 Å². The Hall–Kier alpha value is -0.715. The molecule has 1 heteroatoms. The van der Waals surface area contributed by atoms with Crippen molar-refractivity contribution in [3.8, 4) is 0 Å². The summed E-state index contributed by atoms with van der Waals surface area (Å²) in [5.74, 6) is 0.603. The maximum Gasteiger partial charge on any atom is 0.110 e. The highest BCUT2D eigenvalue weighted by atomic mass is 14.0. The molecule has 0 aromatic heterocycles. The second-order valence-corrected chi connectivity index (χ2v) is 3.15. The van der Waals surface area contributed by atoms with Crippen molar-refractivity contribution in [1.82, 2.24) is 0 Å². The SMILES string of the molecule is BC(CCC(=C)C=C)C(=C)C. The summed E-state index contributed by atoms with van der Waals surface area (Å²) in [6, 6.07) is 0. The molecule has 0 spiro atoms. The smallest absolute Gasteiger partial charge is 0.101 e. The molecule has 0 aliphatic heterocycles. The molecule has 0 bridgehead atoms. The highest BCUT2D eigenvalue weighted by Gasteiger charge is 2.01. The molecule has 0 aliphatic rings. The van der Waals surface area contributed by atoms with E-state index in [-0.39, 0.29) is 0 Å². The minimum absolute atomic E-state index is 0.603. The standard InChI is InChI=1S/C10H17B/c1-5-9(4)6-7-10(11)8(2)3/h5,10H,1-2,4,6-7,11H2,3H3. The molecular formula is C10H17B. The van der Waals surface area contributed by atoms with Gasteiger partial charge >= 0.3 is 0 Å². The lowest BCUT2D eigenvalue weighted by molar-refractivity contribution is 0.816. The minimum Gasteiger partial charge on any atom is -0.101 e. The van der Waals surface area contributed by atoms with Gasteiger partial charge in [-0.15, -0.1) is 6.58 Å². The van der Waals surface area contributed by atoms with E-state index >= 15 is 0 Å². The number of allylic oxidation sites excluding steroid dienone is 3. The average Bonchev–Trinajstić information content (AvgIpc) is 1.99. The normalized spacial score (nSPS) is 12.1. The molecule has 0 aromatic rings. The molecule has 1 unspecified atom stereocenters. The molecule has 0 rings (SSSR count). The van der Waals surface area contributed by atoms with Gasteiger partial charge in [-0.25, -0.2) is 0 Å². The van der Waals surface area contributed by atoms with Crippen LogP contribution in [0, 0.1) is 0 Å². The predicted molar refractivity (Wildman–Crippen MR) is 55.7 cm³/mol. The quantitative estimate of drug-likeness (QED) is 0.319. The Kier molecular flexibility index (Phi) is 4.68. The highest BCUT2D eigenvalue weighted by Crippen LogP contribution is 2.19. The van der Waals surface area contributed by atoms with Crippen molar-refractivity contribution < 1.29 is 0 Å². The maximum atomic E-state index is 3.90. The lowest BCUT2D eigenvalue weighted by atomic mass is 9.78. The van der Waals surface area contributed by atoms with Gasteiger partial charge in [0.05, 0.1) is 0 Å². The molecule has 0 aromatic carbocycles. The molecular weight excluding hydrogens is 131 g/mol. The molecule has 0 radical (unpaired) electrons. The van der Waals surface area contributed by atoms with Gasteiger partial charge in [-0.3, -0.25) is 0 Å². The molecule has 0 aliphatic carbocycles. The fourth-order valence-electron chi connectivity index (χ4n) is 0.750. The van der Waals surface area contributed by atoms with Crippen molar-refractivity contribution in [3.05, 3.63) is 37.0 Å². The van der Waals surface area contributed by atoms with Gasteiger partial charge in [0, 0.05) is 0 Å². The van der Waals surface area contributed by atoms with Gasteiger partial charge in [-0.2, -0.15) is 0 Å². The summed E-state index contributed by atoms with van der Waals surface area (Å²) < 4.78 is 0. The maximum absolute atomic E-state index is 3.90. The van der Waals surface area contributed by atoms with E-state index in [1.165, 1.54) is 5.57 Å². The van der Waals surface area contributed by atoms with Gasteiger partial charge in [0.15, 0.2) is 0 Å². The van der Waals surface area contributed by atoms with Gasteiger partial charge in [0.1, 0.15) is 7.85 Å². The second kappa shape index (κ2) is 5.00. The van der Waals surface area contributed by atoms with E-state index in [2.05, 4.69) is 34.5 Å². The molecule has 0 N–H and O–H groups in total. The Morgan fingerprint density at radius 2 is 2.09 bits per heavy atom. The van der Waals surface area contributed by atoms with Crippen molar-refractivity contribution in [3.63, 3.8) is 0 Å². The van der Waals surface area contributed by atoms with Crippen molar-refractivity contribution in [2.24, 2.45) is 0 Å². The van der Waals surface area contributed by atoms with Crippen LogP contribution in [0.3, 0.4) is 0 Å². The molecule has 0 saturated carbocycles. The minimum atomic E-state index is 0.603. The van der Waals surface area contributed by atoms with Crippen LogP contribution < -0.4 is 0 Å². The summed E-state index contributed by atoms with van der Waals surface area (Å²) in [7, 11) is 2.19. The van der Waals surface area contributed by atoms with Crippen LogP contribution in [0.1, 0.15) is 19.8 Å². The molecule has 11 heavy (non-hydrogen) atoms. The topological polar surface area (TPSA) is 0 Å². The molecule has 0 fully saturated rings. The first-order valence-corrected chi connectivity index (χ1v) is 4.03. The first kappa shape index (κ1) is 10.3. The molecule has 0 nitrogen and oxygen atoms in total. The van der Waals surface area contributed by atoms with Crippen LogP contribution >= 0.6 is 0 Å². The number of hydrogen-bond donors (Lipinski definition) is 0. The zero-order valence-corrected chi connectivity index (χ0v) is 7.69. The third kappa shape index (κ3) is 4.66. The lowest BCUT2D eigenvalue weighted by Gasteiger charge is -2.09. The monoisotopic (exact) mass is 148 g/mol. The van der Waals surface area contributed by atoms with Crippen LogP contribution in [-0.2, 0) is 0 Å². The van der Waals surface area contributed by atoms with Gasteiger partial charge in [-0.05, 0) is 25.6 Å². The zero-order valence-electron chi connectivity index (χ0n) is 7.69. The number of hydrogen-bond acceptors (Lipinski definition) is 0. The van der Waals surface area contributed by atoms with Crippen LogP contribution in [0.4, 0.5) is 0 Å². The second-order valence-electron chi connectivity index (χ2n) is 3.15. The van der Waals surface area contributed by atoms with Crippen LogP contribution in [0.25, 0.3) is 0 Å². The first-order chi connectivity index (χ1) is 5.07. The van der Waals surface area contributed by atoms with Crippen LogP contribution in [0.15, 0.2) is 37.0 Å². The Labute approximate surface area is 71.1 Å². The summed E-state index contributed by atoms with van der Waals surface area (Å²) in [6.07, 6.45) is 4.00. The Morgan fingerprint density at radius 3 is 2.45 bits per heavy atom. The largest absolute Gasteiger partial charge is 0.110 e. The fraction of sp³-hybridized carbons (Fsp3) is 0.400. The molecule has 0 amide bonds. The third-order valence-electron chi connectivity index (χ3n) is 2.03. The summed E-state index contributed by atoms with van der Waals surface area (Å²) in [5.41, 5.74) is 2.37. The van der Waals surface area contributed by atoms with Crippen molar-refractivity contribution in [2.75, 3.05) is 0 Å². The molecule has 60 valence electrons. The zero-order chi connectivity index (χ0) is 8.85. The lowest BCUT2D eigenvalue weighted by Crippen LogP contribution is -1.93. The van der Waals surface area contributed by atoms with Crippen LogP contribution in [0.2, 0.25) is 5.82 Å². The first-order valence-electron chi connectivity index (χ1n) is 4.03. The highest BCUT2D eigenvalue weighted by molar-refractivity contribution is 6.13. The van der Waals surface area contributed by atoms with Gasteiger partial charge in [-0.1, -0.05) is 30.4 Å². The van der Waals surface area contributed by atoms with E-state index in [9.17, 15) is 0 Å². The summed E-state index contributed by atoms with van der Waals surface area (Å²) in [4.78, 5) is 0. The van der Waals surface area contributed by atoms with Crippen molar-refractivity contribution in [1.29, 1.82) is 0 Å². The van der Waals surface area contributed by atoms with Gasteiger partial charge in [0.2, 0.25) is 0 Å². The summed E-state index contributed by atoms with van der Waals surface area (Å²) in [6.45, 7) is 13.5. The number of rotatable bonds is 5. The summed E-state index contributed by atoms with van der Waals surface area (Å²) in [5, 5.41) is 0. The van der Waals surface area contributed by atoms with E-state index in [1.54, 1.807) is 0 Å². The fourth-order valence-corrected chi connectivity index (χ4v) is 0.750.